The molecule has 0 saturated carbocycles. The van der Waals surface area contributed by atoms with Crippen LogP contribution in [0.25, 0.3) is 21.9 Å². The average molecular weight is 503 g/mol. The third kappa shape index (κ3) is 4.27. The molecule has 0 radical (unpaired) electrons. The molecule has 1 N–H and O–H groups in total. The van der Waals surface area contributed by atoms with Gasteiger partial charge in [-0.05, 0) is 29.8 Å². The highest BCUT2D eigenvalue weighted by molar-refractivity contribution is 6.31. The lowest BCUT2D eigenvalue weighted by Gasteiger charge is -2.12. The van der Waals surface area contributed by atoms with Gasteiger partial charge >= 0.3 is 0 Å². The quantitative estimate of drug-likeness (QED) is 0.348. The van der Waals surface area contributed by atoms with Crippen molar-refractivity contribution in [2.45, 2.75) is 13.1 Å². The van der Waals surface area contributed by atoms with E-state index in [1.54, 1.807) is 35.9 Å². The number of hydrogen-bond acceptors (Lipinski definition) is 5. The lowest BCUT2D eigenvalue weighted by atomic mass is 10.2. The van der Waals surface area contributed by atoms with Crippen LogP contribution in [0, 0.1) is 0 Å². The van der Waals surface area contributed by atoms with Crippen LogP contribution < -0.4 is 20.3 Å². The Labute approximate surface area is 211 Å². The van der Waals surface area contributed by atoms with Gasteiger partial charge in [0, 0.05) is 22.2 Å². The smallest absolute Gasteiger partial charge is 0.278 e. The van der Waals surface area contributed by atoms with Crippen LogP contribution in [0.1, 0.15) is 5.56 Å². The van der Waals surface area contributed by atoms with Crippen molar-refractivity contribution in [3.05, 3.63) is 94.0 Å². The van der Waals surface area contributed by atoms with Crippen molar-refractivity contribution in [3.63, 3.8) is 0 Å². The molecular formula is C27H23ClN4O4. The van der Waals surface area contributed by atoms with Crippen LogP contribution in [0.2, 0.25) is 5.02 Å². The zero-order valence-corrected chi connectivity index (χ0v) is 20.5. The van der Waals surface area contributed by atoms with Gasteiger partial charge < -0.3 is 19.4 Å². The summed E-state index contributed by atoms with van der Waals surface area (Å²) in [7, 11) is 3.08. The topological polar surface area (TPSA) is 87.4 Å². The second-order valence-corrected chi connectivity index (χ2v) is 8.59. The summed E-state index contributed by atoms with van der Waals surface area (Å²) >= 11 is 6.32. The summed E-state index contributed by atoms with van der Waals surface area (Å²) in [4.78, 5) is 31.3. The van der Waals surface area contributed by atoms with Crippen molar-refractivity contribution in [1.29, 1.82) is 0 Å². The van der Waals surface area contributed by atoms with E-state index < -0.39 is 0 Å². The molecule has 8 nitrogen and oxygen atoms in total. The van der Waals surface area contributed by atoms with Crippen LogP contribution in [0.4, 0.5) is 5.69 Å². The number of para-hydroxylation sites is 1. The van der Waals surface area contributed by atoms with E-state index in [-0.39, 0.29) is 24.6 Å². The summed E-state index contributed by atoms with van der Waals surface area (Å²) in [6.45, 7) is 0.187. The first-order chi connectivity index (χ1) is 17.5. The number of anilines is 1. The molecule has 182 valence electrons. The van der Waals surface area contributed by atoms with E-state index in [4.69, 9.17) is 21.1 Å². The molecule has 5 aromatic rings. The van der Waals surface area contributed by atoms with E-state index in [2.05, 4.69) is 10.3 Å². The Bertz CT molecular complexity index is 1660. The molecule has 1 amide bonds. The third-order valence-electron chi connectivity index (χ3n) is 6.00. The van der Waals surface area contributed by atoms with Crippen LogP contribution in [0.5, 0.6) is 11.5 Å². The largest absolute Gasteiger partial charge is 0.493 e. The van der Waals surface area contributed by atoms with Gasteiger partial charge in [-0.25, -0.2) is 4.98 Å². The van der Waals surface area contributed by atoms with Gasteiger partial charge in [-0.3, -0.25) is 14.2 Å². The number of hydrogen-bond donors (Lipinski definition) is 1. The summed E-state index contributed by atoms with van der Waals surface area (Å²) in [5.74, 6) is 0.757. The number of ether oxygens (including phenoxy) is 2. The van der Waals surface area contributed by atoms with Gasteiger partial charge in [-0.1, -0.05) is 48.0 Å². The van der Waals surface area contributed by atoms with Crippen molar-refractivity contribution in [2.24, 2.45) is 0 Å². The fourth-order valence-electron chi connectivity index (χ4n) is 4.29. The van der Waals surface area contributed by atoms with Crippen LogP contribution in [-0.4, -0.2) is 34.2 Å². The van der Waals surface area contributed by atoms with Gasteiger partial charge in [-0.15, -0.1) is 0 Å². The fourth-order valence-corrected chi connectivity index (χ4v) is 4.49. The van der Waals surface area contributed by atoms with Gasteiger partial charge in [-0.2, -0.15) is 0 Å². The highest BCUT2D eigenvalue weighted by Crippen LogP contribution is 2.30. The molecule has 0 fully saturated rings. The standard InChI is InChI=1S/C27H23ClN4O4/c1-35-22-12-11-18(13-23(22)36-2)30-24(33)15-32-21-10-6-4-8-19(21)25-26(32)27(34)31(16-29-25)14-17-7-3-5-9-20(17)28/h3-13,16H,14-15H2,1-2H3,(H,30,33). The maximum Gasteiger partial charge on any atom is 0.278 e. The lowest BCUT2D eigenvalue weighted by Crippen LogP contribution is -2.25. The first-order valence-electron chi connectivity index (χ1n) is 11.2. The van der Waals surface area contributed by atoms with Gasteiger partial charge in [0.05, 0.1) is 32.6 Å². The second kappa shape index (κ2) is 9.75. The number of amides is 1. The normalized spacial score (nSPS) is 11.1. The number of nitrogens with one attached hydrogen (secondary N) is 1. The number of carbonyl (C=O) groups is 1. The molecule has 9 heteroatoms. The van der Waals surface area contributed by atoms with Gasteiger partial charge in [0.2, 0.25) is 5.91 Å². The Morgan fingerprint density at radius 2 is 1.75 bits per heavy atom. The number of nitrogens with zero attached hydrogens (tertiary/aromatic N) is 3. The summed E-state index contributed by atoms with van der Waals surface area (Å²) in [5.41, 5.74) is 2.74. The molecule has 5 rings (SSSR count). The Kier molecular flexibility index (Phi) is 6.35. The van der Waals surface area contributed by atoms with Crippen molar-refractivity contribution >= 4 is 45.1 Å². The molecule has 3 aromatic carbocycles. The summed E-state index contributed by atoms with van der Waals surface area (Å²) in [6.07, 6.45) is 1.52. The number of carbonyl (C=O) groups excluding carboxylic acids is 1. The zero-order chi connectivity index (χ0) is 25.2. The van der Waals surface area contributed by atoms with Crippen molar-refractivity contribution in [3.8, 4) is 11.5 Å². The monoisotopic (exact) mass is 502 g/mol. The number of benzene rings is 3. The number of aromatic nitrogens is 3. The first-order valence-corrected chi connectivity index (χ1v) is 11.6. The number of halogens is 1. The molecule has 0 unspecified atom stereocenters. The van der Waals surface area contributed by atoms with E-state index in [1.165, 1.54) is 18.0 Å². The predicted molar refractivity (Wildman–Crippen MR) is 140 cm³/mol. The fraction of sp³-hybridized carbons (Fsp3) is 0.148. The van der Waals surface area contributed by atoms with Crippen LogP contribution in [0.3, 0.4) is 0 Å². The molecule has 0 aliphatic heterocycles. The highest BCUT2D eigenvalue weighted by atomic mass is 35.5. The van der Waals surface area contributed by atoms with Crippen LogP contribution in [-0.2, 0) is 17.9 Å². The SMILES string of the molecule is COc1ccc(NC(=O)Cn2c3ccccc3c3ncn(Cc4ccccc4Cl)c(=O)c32)cc1OC. The Morgan fingerprint density at radius 1 is 1.00 bits per heavy atom. The van der Waals surface area contributed by atoms with E-state index >= 15 is 0 Å². The molecular weight excluding hydrogens is 480 g/mol. The molecule has 0 atom stereocenters. The van der Waals surface area contributed by atoms with Gasteiger partial charge in [0.25, 0.3) is 5.56 Å². The first kappa shape index (κ1) is 23.4. The van der Waals surface area contributed by atoms with Gasteiger partial charge in [0.15, 0.2) is 11.5 Å². The third-order valence-corrected chi connectivity index (χ3v) is 6.37. The molecule has 0 saturated heterocycles. The minimum Gasteiger partial charge on any atom is -0.493 e. The van der Waals surface area contributed by atoms with E-state index in [0.29, 0.717) is 33.2 Å². The molecule has 0 bridgehead atoms. The summed E-state index contributed by atoms with van der Waals surface area (Å²) in [6, 6.07) is 20.0. The Morgan fingerprint density at radius 3 is 2.53 bits per heavy atom. The minimum absolute atomic E-state index is 0.0780. The number of methoxy groups -OCH3 is 2. The zero-order valence-electron chi connectivity index (χ0n) is 19.7. The maximum atomic E-state index is 13.6. The van der Waals surface area contributed by atoms with Crippen molar-refractivity contribution < 1.29 is 14.3 Å². The molecule has 0 aliphatic carbocycles. The molecule has 36 heavy (non-hydrogen) atoms. The van der Waals surface area contributed by atoms with Crippen LogP contribution in [0.15, 0.2) is 77.9 Å². The average Bonchev–Trinajstić information content (AvgIpc) is 3.20. The number of fused-ring (bicyclic) bond motifs is 3. The highest BCUT2D eigenvalue weighted by Gasteiger charge is 2.19. The second-order valence-electron chi connectivity index (χ2n) is 8.19. The molecule has 2 aromatic heterocycles. The number of rotatable bonds is 7. The van der Waals surface area contributed by atoms with E-state index in [9.17, 15) is 9.59 Å². The summed E-state index contributed by atoms with van der Waals surface area (Å²) in [5, 5.41) is 4.24. The summed E-state index contributed by atoms with van der Waals surface area (Å²) < 4.78 is 13.8. The minimum atomic E-state index is -0.300. The predicted octanol–water partition coefficient (Wildman–Crippen LogP) is 4.71. The van der Waals surface area contributed by atoms with E-state index in [0.717, 1.165) is 16.5 Å². The Hall–Kier alpha value is -4.30. The molecule has 2 heterocycles. The Balaban J connectivity index is 1.54. The van der Waals surface area contributed by atoms with Crippen molar-refractivity contribution in [1.82, 2.24) is 14.1 Å². The van der Waals surface area contributed by atoms with Gasteiger partial charge in [0.1, 0.15) is 17.6 Å². The maximum absolute atomic E-state index is 13.6. The molecule has 0 spiro atoms. The van der Waals surface area contributed by atoms with E-state index in [1.807, 2.05) is 42.5 Å². The molecule has 0 aliphatic rings. The van der Waals surface area contributed by atoms with Crippen molar-refractivity contribution in [2.75, 3.05) is 19.5 Å². The van der Waals surface area contributed by atoms with Crippen LogP contribution >= 0.6 is 11.6 Å². The lowest BCUT2D eigenvalue weighted by molar-refractivity contribution is -0.116.